The fourth-order valence-electron chi connectivity index (χ4n) is 2.75. The summed E-state index contributed by atoms with van der Waals surface area (Å²) in [6, 6.07) is 8.42. The average Bonchev–Trinajstić information content (AvgIpc) is 2.46. The Morgan fingerprint density at radius 1 is 1.45 bits per heavy atom. The molecule has 0 saturated carbocycles. The van der Waals surface area contributed by atoms with Gasteiger partial charge in [0.1, 0.15) is 0 Å². The number of nitrogens with zero attached hydrogens (tertiary/aromatic N) is 2. The van der Waals surface area contributed by atoms with Crippen LogP contribution in [0.5, 0.6) is 0 Å². The van der Waals surface area contributed by atoms with Crippen molar-refractivity contribution in [3.8, 4) is 0 Å². The van der Waals surface area contributed by atoms with Crippen molar-refractivity contribution in [3.05, 3.63) is 35.4 Å². The largest absolute Gasteiger partial charge is 0.337 e. The lowest BCUT2D eigenvalue weighted by molar-refractivity contribution is 0.0698. The molecule has 1 fully saturated rings. The van der Waals surface area contributed by atoms with Crippen molar-refractivity contribution in [1.82, 2.24) is 15.1 Å². The molecule has 2 rings (SSSR count). The maximum Gasteiger partial charge on any atom is 0.253 e. The van der Waals surface area contributed by atoms with Crippen LogP contribution in [0.4, 0.5) is 0 Å². The molecule has 4 heteroatoms. The van der Waals surface area contributed by atoms with E-state index in [1.807, 2.05) is 44.2 Å². The van der Waals surface area contributed by atoms with E-state index in [0.29, 0.717) is 6.04 Å². The Hall–Kier alpha value is -1.39. The second-order valence-electron chi connectivity index (χ2n) is 5.82. The first kappa shape index (κ1) is 15.0. The number of benzene rings is 1. The Morgan fingerprint density at radius 3 is 2.95 bits per heavy atom. The third kappa shape index (κ3) is 3.81. The van der Waals surface area contributed by atoms with Crippen LogP contribution in [0.25, 0.3) is 0 Å². The zero-order valence-electron chi connectivity index (χ0n) is 12.7. The van der Waals surface area contributed by atoms with Crippen molar-refractivity contribution in [2.75, 3.05) is 34.2 Å². The maximum atomic E-state index is 12.6. The fraction of sp³-hybridized carbons (Fsp3) is 0.562. The van der Waals surface area contributed by atoms with Crippen LogP contribution >= 0.6 is 0 Å². The summed E-state index contributed by atoms with van der Waals surface area (Å²) in [5, 5.41) is 3.28. The molecule has 4 nitrogen and oxygen atoms in total. The summed E-state index contributed by atoms with van der Waals surface area (Å²) >= 11 is 0. The van der Waals surface area contributed by atoms with Gasteiger partial charge in [-0.15, -0.1) is 0 Å². The van der Waals surface area contributed by atoms with Gasteiger partial charge in [-0.05, 0) is 51.7 Å². The monoisotopic (exact) mass is 275 g/mol. The van der Waals surface area contributed by atoms with E-state index in [4.69, 9.17) is 0 Å². The fourth-order valence-corrected chi connectivity index (χ4v) is 2.75. The summed E-state index contributed by atoms with van der Waals surface area (Å²) in [4.78, 5) is 16.7. The number of amides is 1. The molecule has 1 N–H and O–H groups in total. The van der Waals surface area contributed by atoms with E-state index in [2.05, 4.69) is 16.3 Å². The van der Waals surface area contributed by atoms with Gasteiger partial charge in [0.15, 0.2) is 0 Å². The van der Waals surface area contributed by atoms with Crippen molar-refractivity contribution in [3.63, 3.8) is 0 Å². The SMILES string of the molecule is CNC1CCCN(C(=O)c2cccc(CN(C)C)c2)C1. The van der Waals surface area contributed by atoms with Crippen LogP contribution in [-0.4, -0.2) is 56.0 Å². The molecule has 0 bridgehead atoms. The number of hydrogen-bond acceptors (Lipinski definition) is 3. The van der Waals surface area contributed by atoms with Crippen LogP contribution in [0, 0.1) is 0 Å². The summed E-state index contributed by atoms with van der Waals surface area (Å²) in [6.45, 7) is 2.54. The number of nitrogens with one attached hydrogen (secondary N) is 1. The van der Waals surface area contributed by atoms with E-state index >= 15 is 0 Å². The Morgan fingerprint density at radius 2 is 2.25 bits per heavy atom. The van der Waals surface area contributed by atoms with Gasteiger partial charge in [0.2, 0.25) is 0 Å². The predicted molar refractivity (Wildman–Crippen MR) is 81.8 cm³/mol. The van der Waals surface area contributed by atoms with Gasteiger partial charge in [-0.1, -0.05) is 12.1 Å². The second-order valence-corrected chi connectivity index (χ2v) is 5.82. The third-order valence-corrected chi connectivity index (χ3v) is 3.79. The molecule has 0 radical (unpaired) electrons. The van der Waals surface area contributed by atoms with Gasteiger partial charge in [-0.2, -0.15) is 0 Å². The Bertz CT molecular complexity index is 459. The molecular formula is C16H25N3O. The quantitative estimate of drug-likeness (QED) is 0.906. The van der Waals surface area contributed by atoms with Crippen LogP contribution in [-0.2, 0) is 6.54 Å². The van der Waals surface area contributed by atoms with Gasteiger partial charge in [0, 0.05) is 31.2 Å². The summed E-state index contributed by atoms with van der Waals surface area (Å²) in [5.41, 5.74) is 1.99. The van der Waals surface area contributed by atoms with E-state index in [1.54, 1.807) is 0 Å². The summed E-state index contributed by atoms with van der Waals surface area (Å²) in [6.07, 6.45) is 2.23. The highest BCUT2D eigenvalue weighted by Gasteiger charge is 2.23. The highest BCUT2D eigenvalue weighted by Crippen LogP contribution is 2.15. The minimum atomic E-state index is 0.158. The van der Waals surface area contributed by atoms with E-state index in [1.165, 1.54) is 5.56 Å². The summed E-state index contributed by atoms with van der Waals surface area (Å²) in [7, 11) is 6.05. The zero-order chi connectivity index (χ0) is 14.5. The second kappa shape index (κ2) is 6.86. The van der Waals surface area contributed by atoms with Gasteiger partial charge < -0.3 is 15.1 Å². The number of carbonyl (C=O) groups is 1. The lowest BCUT2D eigenvalue weighted by Crippen LogP contribution is -2.46. The molecule has 1 heterocycles. The van der Waals surface area contributed by atoms with Crippen LogP contribution < -0.4 is 5.32 Å². The Labute approximate surface area is 121 Å². The number of piperidine rings is 1. The molecular weight excluding hydrogens is 250 g/mol. The van der Waals surface area contributed by atoms with Crippen molar-refractivity contribution >= 4 is 5.91 Å². The van der Waals surface area contributed by atoms with Gasteiger partial charge >= 0.3 is 0 Å². The van der Waals surface area contributed by atoms with Crippen molar-refractivity contribution in [2.24, 2.45) is 0 Å². The minimum absolute atomic E-state index is 0.158. The number of rotatable bonds is 4. The van der Waals surface area contributed by atoms with E-state index in [0.717, 1.165) is 38.0 Å². The first-order valence-corrected chi connectivity index (χ1v) is 7.30. The standard InChI is InChI=1S/C16H25N3O/c1-17-15-8-5-9-19(12-15)16(20)14-7-4-6-13(10-14)11-18(2)3/h4,6-7,10,15,17H,5,8-9,11-12H2,1-3H3. The molecule has 1 aromatic carbocycles. The molecule has 0 aromatic heterocycles. The molecule has 20 heavy (non-hydrogen) atoms. The highest BCUT2D eigenvalue weighted by molar-refractivity contribution is 5.94. The number of likely N-dealkylation sites (tertiary alicyclic amines) is 1. The molecule has 1 aromatic rings. The minimum Gasteiger partial charge on any atom is -0.337 e. The number of likely N-dealkylation sites (N-methyl/N-ethyl adjacent to an activating group) is 1. The zero-order valence-corrected chi connectivity index (χ0v) is 12.7. The molecule has 1 atom stereocenters. The van der Waals surface area contributed by atoms with Crippen molar-refractivity contribution < 1.29 is 4.79 Å². The van der Waals surface area contributed by atoms with Gasteiger partial charge in [0.05, 0.1) is 0 Å². The molecule has 1 unspecified atom stereocenters. The van der Waals surface area contributed by atoms with Crippen molar-refractivity contribution in [1.29, 1.82) is 0 Å². The number of carbonyl (C=O) groups excluding carboxylic acids is 1. The molecule has 1 saturated heterocycles. The highest BCUT2D eigenvalue weighted by atomic mass is 16.2. The molecule has 110 valence electrons. The first-order chi connectivity index (χ1) is 9.60. The third-order valence-electron chi connectivity index (χ3n) is 3.79. The first-order valence-electron chi connectivity index (χ1n) is 7.30. The van der Waals surface area contributed by atoms with Crippen molar-refractivity contribution in [2.45, 2.75) is 25.4 Å². The van der Waals surface area contributed by atoms with Crippen LogP contribution in [0.3, 0.4) is 0 Å². The lowest BCUT2D eigenvalue weighted by atomic mass is 10.0. The molecule has 1 amide bonds. The molecule has 0 spiro atoms. The van der Waals surface area contributed by atoms with Gasteiger partial charge in [-0.25, -0.2) is 0 Å². The Balaban J connectivity index is 2.08. The lowest BCUT2D eigenvalue weighted by Gasteiger charge is -2.32. The predicted octanol–water partition coefficient (Wildman–Crippen LogP) is 1.57. The smallest absolute Gasteiger partial charge is 0.253 e. The van der Waals surface area contributed by atoms with Crippen LogP contribution in [0.15, 0.2) is 24.3 Å². The average molecular weight is 275 g/mol. The van der Waals surface area contributed by atoms with Gasteiger partial charge in [-0.3, -0.25) is 4.79 Å². The normalized spacial score (nSPS) is 19.4. The molecule has 0 aliphatic carbocycles. The van der Waals surface area contributed by atoms with E-state index in [9.17, 15) is 4.79 Å². The maximum absolute atomic E-state index is 12.6. The van der Waals surface area contributed by atoms with E-state index in [-0.39, 0.29) is 5.91 Å². The van der Waals surface area contributed by atoms with Crippen LogP contribution in [0.2, 0.25) is 0 Å². The summed E-state index contributed by atoms with van der Waals surface area (Å²) < 4.78 is 0. The molecule has 1 aliphatic heterocycles. The number of hydrogen-bond donors (Lipinski definition) is 1. The van der Waals surface area contributed by atoms with Crippen LogP contribution in [0.1, 0.15) is 28.8 Å². The summed E-state index contributed by atoms with van der Waals surface area (Å²) in [5.74, 6) is 0.158. The van der Waals surface area contributed by atoms with E-state index < -0.39 is 0 Å². The molecule has 1 aliphatic rings. The van der Waals surface area contributed by atoms with Gasteiger partial charge in [0.25, 0.3) is 5.91 Å². The Kier molecular flexibility index (Phi) is 5.15. The topological polar surface area (TPSA) is 35.6 Å².